The SMILES string of the molecule is CCCC(=O)OC1=CC=C(N)CC1=Cc1ccc(OC)cc1.CCCCC1=CCC(=Cc2ccc(OC)cc2)C=C1. The van der Waals surface area contributed by atoms with Gasteiger partial charge in [0.15, 0.2) is 0 Å². The first kappa shape index (κ1) is 31.3. The summed E-state index contributed by atoms with van der Waals surface area (Å²) < 4.78 is 15.8. The first-order valence-electron chi connectivity index (χ1n) is 14.4. The van der Waals surface area contributed by atoms with Gasteiger partial charge in [-0.15, -0.1) is 0 Å². The minimum atomic E-state index is -0.219. The molecule has 2 aromatic carbocycles. The summed E-state index contributed by atoms with van der Waals surface area (Å²) in [5.74, 6) is 2.06. The lowest BCUT2D eigenvalue weighted by Crippen LogP contribution is -2.10. The second-order valence-corrected chi connectivity index (χ2v) is 10.0. The van der Waals surface area contributed by atoms with Gasteiger partial charge in [0.25, 0.3) is 0 Å². The lowest BCUT2D eigenvalue weighted by Gasteiger charge is -2.16. The van der Waals surface area contributed by atoms with Crippen LogP contribution in [0.1, 0.15) is 69.9 Å². The predicted molar refractivity (Wildman–Crippen MR) is 169 cm³/mol. The third kappa shape index (κ3) is 10.7. The molecule has 5 heteroatoms. The zero-order chi connectivity index (χ0) is 29.5. The van der Waals surface area contributed by atoms with Crippen molar-refractivity contribution in [3.63, 3.8) is 0 Å². The summed E-state index contributed by atoms with van der Waals surface area (Å²) in [4.78, 5) is 11.7. The maximum atomic E-state index is 11.7. The van der Waals surface area contributed by atoms with Gasteiger partial charge in [0.2, 0.25) is 0 Å². The molecular formula is C36H43NO4. The van der Waals surface area contributed by atoms with Crippen molar-refractivity contribution in [1.29, 1.82) is 0 Å². The van der Waals surface area contributed by atoms with Crippen LogP contribution in [0.15, 0.2) is 107 Å². The van der Waals surface area contributed by atoms with E-state index in [1.54, 1.807) is 26.4 Å². The molecule has 2 aliphatic rings. The Balaban J connectivity index is 0.000000228. The summed E-state index contributed by atoms with van der Waals surface area (Å²) in [5, 5.41) is 0. The van der Waals surface area contributed by atoms with Gasteiger partial charge in [-0.1, -0.05) is 74.4 Å². The van der Waals surface area contributed by atoms with E-state index in [0.29, 0.717) is 18.6 Å². The van der Waals surface area contributed by atoms with Crippen LogP contribution < -0.4 is 15.2 Å². The number of unbranched alkanes of at least 4 members (excludes halogenated alkanes) is 1. The van der Waals surface area contributed by atoms with Crippen LogP contribution in [-0.4, -0.2) is 20.2 Å². The molecule has 2 aromatic rings. The normalized spacial score (nSPS) is 16.2. The van der Waals surface area contributed by atoms with Crippen molar-refractivity contribution in [2.45, 2.75) is 58.8 Å². The largest absolute Gasteiger partial charge is 0.497 e. The van der Waals surface area contributed by atoms with E-state index in [2.05, 4.69) is 43.4 Å². The number of allylic oxidation sites excluding steroid dienone is 9. The van der Waals surface area contributed by atoms with Crippen molar-refractivity contribution < 1.29 is 19.0 Å². The van der Waals surface area contributed by atoms with Crippen LogP contribution in [0.3, 0.4) is 0 Å². The fourth-order valence-corrected chi connectivity index (χ4v) is 4.34. The fraction of sp³-hybridized carbons (Fsp3) is 0.306. The number of benzene rings is 2. The van der Waals surface area contributed by atoms with Crippen molar-refractivity contribution in [3.8, 4) is 11.5 Å². The van der Waals surface area contributed by atoms with Gasteiger partial charge in [-0.25, -0.2) is 0 Å². The Morgan fingerprint density at radius 1 is 0.854 bits per heavy atom. The van der Waals surface area contributed by atoms with E-state index in [1.165, 1.54) is 36.0 Å². The van der Waals surface area contributed by atoms with Gasteiger partial charge in [-0.2, -0.15) is 0 Å². The van der Waals surface area contributed by atoms with Crippen LogP contribution in [0.4, 0.5) is 0 Å². The minimum absolute atomic E-state index is 0.219. The van der Waals surface area contributed by atoms with Gasteiger partial charge in [0.1, 0.15) is 17.3 Å². The van der Waals surface area contributed by atoms with Crippen LogP contribution in [0, 0.1) is 0 Å². The molecule has 5 nitrogen and oxygen atoms in total. The molecule has 0 fully saturated rings. The topological polar surface area (TPSA) is 70.8 Å². The Labute approximate surface area is 245 Å². The Morgan fingerprint density at radius 3 is 2.02 bits per heavy atom. The highest BCUT2D eigenvalue weighted by atomic mass is 16.5. The molecule has 2 N–H and O–H groups in total. The van der Waals surface area contributed by atoms with Gasteiger partial charge in [0.05, 0.1) is 14.2 Å². The van der Waals surface area contributed by atoms with Crippen LogP contribution >= 0.6 is 0 Å². The zero-order valence-corrected chi connectivity index (χ0v) is 24.8. The molecule has 0 heterocycles. The van der Waals surface area contributed by atoms with Gasteiger partial charge in [0, 0.05) is 24.1 Å². The van der Waals surface area contributed by atoms with Crippen molar-refractivity contribution in [3.05, 3.63) is 118 Å². The highest BCUT2D eigenvalue weighted by Gasteiger charge is 2.15. The standard InChI is InChI=1S/C18H21NO3.C18H22O/c1-3-4-18(20)22-17-10-7-15(19)12-14(17)11-13-5-8-16(21-2)9-6-13;1-3-4-5-15-6-8-16(9-7-15)14-17-10-12-18(19-2)13-11-17/h5-11H,3-4,12,19H2,1-2H3;6-8,10-14H,3-5,9H2,1-2H3. The first-order chi connectivity index (χ1) is 19.9. The molecule has 0 atom stereocenters. The average molecular weight is 554 g/mol. The number of hydrogen-bond acceptors (Lipinski definition) is 5. The maximum Gasteiger partial charge on any atom is 0.311 e. The molecule has 0 bridgehead atoms. The summed E-state index contributed by atoms with van der Waals surface area (Å²) in [6.45, 7) is 4.19. The molecule has 0 spiro atoms. The highest BCUT2D eigenvalue weighted by Crippen LogP contribution is 2.27. The molecule has 0 saturated carbocycles. The first-order valence-corrected chi connectivity index (χ1v) is 14.4. The summed E-state index contributed by atoms with van der Waals surface area (Å²) in [5.41, 5.74) is 12.6. The molecule has 41 heavy (non-hydrogen) atoms. The molecule has 0 aliphatic heterocycles. The zero-order valence-electron chi connectivity index (χ0n) is 24.8. The molecule has 0 radical (unpaired) electrons. The maximum absolute atomic E-state index is 11.7. The number of carbonyl (C=O) groups is 1. The molecule has 0 unspecified atom stereocenters. The van der Waals surface area contributed by atoms with Crippen LogP contribution in [0.5, 0.6) is 11.5 Å². The Morgan fingerprint density at radius 2 is 1.49 bits per heavy atom. The van der Waals surface area contributed by atoms with Gasteiger partial charge in [-0.3, -0.25) is 4.79 Å². The van der Waals surface area contributed by atoms with E-state index < -0.39 is 0 Å². The highest BCUT2D eigenvalue weighted by molar-refractivity contribution is 5.73. The number of esters is 1. The molecule has 0 saturated heterocycles. The Hall–Kier alpha value is -4.25. The molecule has 216 valence electrons. The van der Waals surface area contributed by atoms with Gasteiger partial charge in [-0.05, 0) is 84.9 Å². The van der Waals surface area contributed by atoms with E-state index in [0.717, 1.165) is 41.2 Å². The number of methoxy groups -OCH3 is 2. The Bertz CT molecular complexity index is 1320. The van der Waals surface area contributed by atoms with E-state index in [-0.39, 0.29) is 5.97 Å². The lowest BCUT2D eigenvalue weighted by atomic mass is 9.97. The summed E-state index contributed by atoms with van der Waals surface area (Å²) >= 11 is 0. The van der Waals surface area contributed by atoms with E-state index in [4.69, 9.17) is 19.9 Å². The third-order valence-corrected chi connectivity index (χ3v) is 6.69. The van der Waals surface area contributed by atoms with Crippen LogP contribution in [0.25, 0.3) is 12.2 Å². The van der Waals surface area contributed by atoms with Gasteiger partial charge >= 0.3 is 5.97 Å². The number of ether oxygens (including phenoxy) is 3. The van der Waals surface area contributed by atoms with Crippen LogP contribution in [0.2, 0.25) is 0 Å². The van der Waals surface area contributed by atoms with E-state index in [1.807, 2.05) is 49.4 Å². The van der Waals surface area contributed by atoms with E-state index >= 15 is 0 Å². The molecule has 4 rings (SSSR count). The van der Waals surface area contributed by atoms with Crippen molar-refractivity contribution in [2.75, 3.05) is 14.2 Å². The van der Waals surface area contributed by atoms with Crippen molar-refractivity contribution in [1.82, 2.24) is 0 Å². The fourth-order valence-electron chi connectivity index (χ4n) is 4.34. The Kier molecular flexibility index (Phi) is 12.8. The smallest absolute Gasteiger partial charge is 0.311 e. The lowest BCUT2D eigenvalue weighted by molar-refractivity contribution is -0.139. The third-order valence-electron chi connectivity index (χ3n) is 6.69. The number of carbonyl (C=O) groups excluding carboxylic acids is 1. The molecule has 2 aliphatic carbocycles. The number of hydrogen-bond donors (Lipinski definition) is 1. The summed E-state index contributed by atoms with van der Waals surface area (Å²) in [7, 11) is 3.33. The summed E-state index contributed by atoms with van der Waals surface area (Å²) in [6.07, 6.45) is 21.1. The van der Waals surface area contributed by atoms with E-state index in [9.17, 15) is 4.79 Å². The monoisotopic (exact) mass is 553 g/mol. The molecule has 0 amide bonds. The second kappa shape index (κ2) is 16.8. The summed E-state index contributed by atoms with van der Waals surface area (Å²) in [6, 6.07) is 15.9. The molecular weight excluding hydrogens is 510 g/mol. The van der Waals surface area contributed by atoms with Crippen molar-refractivity contribution in [2.24, 2.45) is 5.73 Å². The minimum Gasteiger partial charge on any atom is -0.497 e. The predicted octanol–water partition coefficient (Wildman–Crippen LogP) is 8.71. The van der Waals surface area contributed by atoms with Gasteiger partial charge < -0.3 is 19.9 Å². The van der Waals surface area contributed by atoms with Crippen molar-refractivity contribution >= 4 is 18.1 Å². The second-order valence-electron chi connectivity index (χ2n) is 10.0. The quantitative estimate of drug-likeness (QED) is 0.298. The number of nitrogens with two attached hydrogens (primary N) is 1. The average Bonchev–Trinajstić information content (AvgIpc) is 2.99. The van der Waals surface area contributed by atoms with Crippen LogP contribution in [-0.2, 0) is 9.53 Å². The molecule has 0 aromatic heterocycles. The number of rotatable bonds is 10.